The topological polar surface area (TPSA) is 48.3 Å². The lowest BCUT2D eigenvalue weighted by Gasteiger charge is -2.54. The van der Waals surface area contributed by atoms with Gasteiger partial charge in [-0.1, -0.05) is 134 Å². The van der Waals surface area contributed by atoms with Crippen LogP contribution in [0.25, 0.3) is 21.7 Å². The third-order valence-corrected chi connectivity index (χ3v) is 18.8. The largest absolute Gasteiger partial charge is 0.443 e. The minimum atomic E-state index is -2.66. The SMILES string of the molecule is CC(C)(C)OC(=O)n1ccc2cc([C@@]3(C[Si](c4ccccc4)(c4ccccc4)C(C)(C)C)CC4CC3(C(=O)c3ccc5ccccc5c3)C4)ccc21. The standard InChI is InChI=1S/C47H49NO3Si/c1-44(2,3)51-43(50)48-26-25-36-28-38(23-24-41(36)48)47(32-52(45(4,5)6,39-17-9-7-10-18-39)40-19-11-8-12-20-40)31-33-29-46(47,30-33)42(49)37-22-21-34-15-13-14-16-35(34)27-37/h7-28,33H,29-32H2,1-6H3/t33?,46?,47-/m0/s1. The average Bonchev–Trinajstić information content (AvgIpc) is 3.78. The summed E-state index contributed by atoms with van der Waals surface area (Å²) in [7, 11) is -2.66. The number of ketones is 1. The second-order valence-corrected chi connectivity index (χ2v) is 22.4. The van der Waals surface area contributed by atoms with Crippen molar-refractivity contribution >= 4 is 52.0 Å². The van der Waals surface area contributed by atoms with Crippen LogP contribution in [0.4, 0.5) is 4.79 Å². The molecule has 5 aromatic carbocycles. The summed E-state index contributed by atoms with van der Waals surface area (Å²) in [5.41, 5.74) is 1.27. The summed E-state index contributed by atoms with van der Waals surface area (Å²) in [6.07, 6.45) is 4.20. The molecular weight excluding hydrogens is 655 g/mol. The van der Waals surface area contributed by atoms with Gasteiger partial charge in [-0.2, -0.15) is 0 Å². The van der Waals surface area contributed by atoms with Crippen molar-refractivity contribution in [3.8, 4) is 0 Å². The molecule has 1 aromatic heterocycles. The number of nitrogens with zero attached hydrogens (tertiary/aromatic N) is 1. The third kappa shape index (κ3) is 5.31. The van der Waals surface area contributed by atoms with Crippen molar-refractivity contribution < 1.29 is 14.3 Å². The first-order valence-corrected chi connectivity index (χ1v) is 21.0. The number of carbonyl (C=O) groups is 2. The van der Waals surface area contributed by atoms with Gasteiger partial charge < -0.3 is 4.74 Å². The van der Waals surface area contributed by atoms with Crippen LogP contribution in [0.3, 0.4) is 0 Å². The van der Waals surface area contributed by atoms with E-state index in [1.165, 1.54) is 15.9 Å². The Bertz CT molecular complexity index is 2260. The lowest BCUT2D eigenvalue weighted by atomic mass is 9.55. The summed E-state index contributed by atoms with van der Waals surface area (Å²) in [4.78, 5) is 28.8. The van der Waals surface area contributed by atoms with Crippen LogP contribution in [0.1, 0.15) is 76.7 Å². The molecule has 0 radical (unpaired) electrons. The van der Waals surface area contributed by atoms with E-state index in [1.54, 1.807) is 4.57 Å². The quantitative estimate of drug-likeness (QED) is 0.123. The number of fused-ring (bicyclic) bond motifs is 3. The molecule has 0 amide bonds. The lowest BCUT2D eigenvalue weighted by molar-refractivity contribution is 0.0501. The molecule has 264 valence electrons. The van der Waals surface area contributed by atoms with Crippen LogP contribution in [-0.2, 0) is 10.2 Å². The van der Waals surface area contributed by atoms with Gasteiger partial charge in [-0.25, -0.2) is 4.79 Å². The Morgan fingerprint density at radius 1 is 0.692 bits per heavy atom. The van der Waals surface area contributed by atoms with Crippen LogP contribution in [0, 0.1) is 11.3 Å². The maximum Gasteiger partial charge on any atom is 0.418 e. The normalized spacial score (nSPS) is 21.6. The molecule has 1 atom stereocenters. The van der Waals surface area contributed by atoms with E-state index in [-0.39, 0.29) is 16.9 Å². The first kappa shape index (κ1) is 34.3. The van der Waals surface area contributed by atoms with Crippen LogP contribution in [0.5, 0.6) is 0 Å². The summed E-state index contributed by atoms with van der Waals surface area (Å²) in [6, 6.07) is 46.5. The average molecular weight is 704 g/mol. The van der Waals surface area contributed by atoms with E-state index in [1.807, 2.05) is 33.0 Å². The Morgan fingerprint density at radius 3 is 1.92 bits per heavy atom. The number of hydrogen-bond donors (Lipinski definition) is 0. The maximum absolute atomic E-state index is 15.5. The Hall–Kier alpha value is -4.74. The van der Waals surface area contributed by atoms with E-state index < -0.39 is 24.5 Å². The fraction of sp³-hybridized carbons (Fsp3) is 0.319. The molecule has 2 bridgehead atoms. The van der Waals surface area contributed by atoms with Crippen molar-refractivity contribution in [3.63, 3.8) is 0 Å². The van der Waals surface area contributed by atoms with Crippen LogP contribution in [0.15, 0.2) is 134 Å². The first-order chi connectivity index (χ1) is 24.8. The van der Waals surface area contributed by atoms with Gasteiger partial charge in [-0.3, -0.25) is 9.36 Å². The number of Topliss-reactive ketones (excluding diaryl/α,β-unsaturated/α-hetero) is 1. The number of aromatic nitrogens is 1. The van der Waals surface area contributed by atoms with Crippen molar-refractivity contribution in [1.82, 2.24) is 4.57 Å². The molecule has 3 aliphatic carbocycles. The van der Waals surface area contributed by atoms with E-state index in [4.69, 9.17) is 4.74 Å². The molecule has 5 heteroatoms. The molecule has 6 aromatic rings. The summed E-state index contributed by atoms with van der Waals surface area (Å²) in [5, 5.41) is 5.97. The van der Waals surface area contributed by atoms with Crippen LogP contribution in [0.2, 0.25) is 11.1 Å². The first-order valence-electron chi connectivity index (χ1n) is 18.8. The van der Waals surface area contributed by atoms with Crippen molar-refractivity contribution in [1.29, 1.82) is 0 Å². The highest BCUT2D eigenvalue weighted by Gasteiger charge is 2.72. The van der Waals surface area contributed by atoms with Gasteiger partial charge in [0.2, 0.25) is 0 Å². The molecule has 0 unspecified atom stereocenters. The van der Waals surface area contributed by atoms with Gasteiger partial charge in [-0.05, 0) is 97.6 Å². The van der Waals surface area contributed by atoms with E-state index >= 15 is 4.79 Å². The van der Waals surface area contributed by atoms with E-state index in [0.717, 1.165) is 52.5 Å². The minimum absolute atomic E-state index is 0.0764. The summed E-state index contributed by atoms with van der Waals surface area (Å²) in [6.45, 7) is 12.9. The summed E-state index contributed by atoms with van der Waals surface area (Å²) < 4.78 is 7.39. The van der Waals surface area contributed by atoms with E-state index in [9.17, 15) is 4.79 Å². The van der Waals surface area contributed by atoms with Crippen LogP contribution >= 0.6 is 0 Å². The third-order valence-electron chi connectivity index (χ3n) is 12.5. The van der Waals surface area contributed by atoms with Crippen molar-refractivity contribution in [2.24, 2.45) is 11.3 Å². The molecule has 3 aliphatic rings. The summed E-state index contributed by atoms with van der Waals surface area (Å²) >= 11 is 0. The number of ether oxygens (including phenoxy) is 1. The van der Waals surface area contributed by atoms with Crippen LogP contribution < -0.4 is 10.4 Å². The van der Waals surface area contributed by atoms with Gasteiger partial charge in [0.15, 0.2) is 5.78 Å². The molecule has 3 saturated carbocycles. The highest BCUT2D eigenvalue weighted by atomic mass is 28.3. The zero-order chi connectivity index (χ0) is 36.5. The fourth-order valence-corrected chi connectivity index (χ4v) is 16.3. The zero-order valence-electron chi connectivity index (χ0n) is 31.3. The highest BCUT2D eigenvalue weighted by Crippen LogP contribution is 2.73. The van der Waals surface area contributed by atoms with Gasteiger partial charge in [-0.15, -0.1) is 0 Å². The Labute approximate surface area is 308 Å². The van der Waals surface area contributed by atoms with E-state index in [2.05, 4.69) is 142 Å². The smallest absolute Gasteiger partial charge is 0.418 e. The fourth-order valence-electron chi connectivity index (χ4n) is 10.2. The molecular formula is C47H49NO3Si. The van der Waals surface area contributed by atoms with Gasteiger partial charge in [0, 0.05) is 28.0 Å². The maximum atomic E-state index is 15.5. The monoisotopic (exact) mass is 703 g/mol. The summed E-state index contributed by atoms with van der Waals surface area (Å²) in [5.74, 6) is 0.751. The van der Waals surface area contributed by atoms with Gasteiger partial charge in [0.1, 0.15) is 13.7 Å². The number of rotatable bonds is 7. The number of benzene rings is 5. The Kier molecular flexibility index (Phi) is 8.03. The van der Waals surface area contributed by atoms with Gasteiger partial charge in [0.05, 0.1) is 5.52 Å². The zero-order valence-corrected chi connectivity index (χ0v) is 32.3. The van der Waals surface area contributed by atoms with Crippen LogP contribution in [-0.4, -0.2) is 30.1 Å². The van der Waals surface area contributed by atoms with Crippen molar-refractivity contribution in [3.05, 3.63) is 145 Å². The highest BCUT2D eigenvalue weighted by molar-refractivity contribution is 7.04. The molecule has 0 spiro atoms. The Balaban J connectivity index is 1.36. The molecule has 0 aliphatic heterocycles. The van der Waals surface area contributed by atoms with Gasteiger partial charge >= 0.3 is 6.09 Å². The van der Waals surface area contributed by atoms with E-state index in [0.29, 0.717) is 5.92 Å². The second kappa shape index (κ2) is 12.2. The molecule has 0 saturated heterocycles. The second-order valence-electron chi connectivity index (χ2n) is 17.5. The molecule has 0 N–H and O–H groups in total. The lowest BCUT2D eigenvalue weighted by Crippen LogP contribution is -2.68. The Morgan fingerprint density at radius 2 is 1.31 bits per heavy atom. The van der Waals surface area contributed by atoms with Crippen molar-refractivity contribution in [2.45, 2.75) is 82.9 Å². The molecule has 3 fully saturated rings. The molecule has 4 nitrogen and oxygen atoms in total. The van der Waals surface area contributed by atoms with Crippen molar-refractivity contribution in [2.75, 3.05) is 0 Å². The predicted molar refractivity (Wildman–Crippen MR) is 216 cm³/mol. The minimum Gasteiger partial charge on any atom is -0.443 e. The predicted octanol–water partition coefficient (Wildman–Crippen LogP) is 10.6. The van der Waals surface area contributed by atoms with Gasteiger partial charge in [0.25, 0.3) is 0 Å². The molecule has 9 rings (SSSR count). The molecule has 1 heterocycles. The molecule has 52 heavy (non-hydrogen) atoms. The number of carbonyl (C=O) groups excluding carboxylic acids is 2. The number of hydrogen-bond acceptors (Lipinski definition) is 3.